The number of rotatable bonds is 6. The van der Waals surface area contributed by atoms with Crippen molar-refractivity contribution in [2.45, 2.75) is 24.8 Å². The number of nitrogens with zero attached hydrogens (tertiary/aromatic N) is 1. The van der Waals surface area contributed by atoms with Crippen LogP contribution in [-0.2, 0) is 16.8 Å². The number of carbonyl (C=O) groups excluding carboxylic acids is 3. The first kappa shape index (κ1) is 20.7. The zero-order chi connectivity index (χ0) is 22.2. The molecule has 1 saturated heterocycles. The molecule has 0 radical (unpaired) electrons. The van der Waals surface area contributed by atoms with Crippen LogP contribution >= 0.6 is 0 Å². The van der Waals surface area contributed by atoms with E-state index < -0.39 is 23.3 Å². The van der Waals surface area contributed by atoms with Gasteiger partial charge in [-0.2, -0.15) is 0 Å². The van der Waals surface area contributed by atoms with Gasteiger partial charge in [0, 0.05) is 5.56 Å². The number of aryl methyl sites for hydroxylation is 1. The molecule has 1 aliphatic heterocycles. The van der Waals surface area contributed by atoms with Gasteiger partial charge in [0.2, 0.25) is 5.75 Å². The lowest BCUT2D eigenvalue weighted by atomic mass is 9.76. The van der Waals surface area contributed by atoms with Gasteiger partial charge >= 0.3 is 6.03 Å². The first-order valence-electron chi connectivity index (χ1n) is 10.0. The Morgan fingerprint density at radius 3 is 2.39 bits per heavy atom. The lowest BCUT2D eigenvalue weighted by Crippen LogP contribution is -2.46. The molecule has 0 unspecified atom stereocenters. The van der Waals surface area contributed by atoms with Crippen LogP contribution in [0.4, 0.5) is 4.79 Å². The summed E-state index contributed by atoms with van der Waals surface area (Å²) in [5.74, 6) is 0.184. The lowest BCUT2D eigenvalue weighted by Gasteiger charge is -2.33. The average Bonchev–Trinajstić information content (AvgIpc) is 3.02. The molecule has 8 heteroatoms. The van der Waals surface area contributed by atoms with Crippen LogP contribution in [0.2, 0.25) is 0 Å². The molecule has 1 aliphatic carbocycles. The SMILES string of the molecule is COc1cc(C(=O)CN2C(=O)N[C@@]3(CCCc4ccccc43)C2=O)cc(OC)c1OC. The molecule has 1 heterocycles. The van der Waals surface area contributed by atoms with Crippen LogP contribution in [0.15, 0.2) is 36.4 Å². The topological polar surface area (TPSA) is 94.2 Å². The Morgan fingerprint density at radius 2 is 1.74 bits per heavy atom. The number of amides is 3. The first-order chi connectivity index (χ1) is 14.9. The predicted molar refractivity (Wildman–Crippen MR) is 112 cm³/mol. The van der Waals surface area contributed by atoms with Gasteiger partial charge in [0.25, 0.3) is 5.91 Å². The number of ketones is 1. The van der Waals surface area contributed by atoms with Crippen molar-refractivity contribution in [1.82, 2.24) is 10.2 Å². The molecule has 0 bridgehead atoms. The van der Waals surface area contributed by atoms with Crippen LogP contribution in [0.1, 0.15) is 34.3 Å². The normalized spacial score (nSPS) is 19.8. The molecular formula is C23H24N2O6. The maximum Gasteiger partial charge on any atom is 0.325 e. The van der Waals surface area contributed by atoms with E-state index >= 15 is 0 Å². The minimum Gasteiger partial charge on any atom is -0.493 e. The Labute approximate surface area is 180 Å². The fourth-order valence-corrected chi connectivity index (χ4v) is 4.43. The van der Waals surface area contributed by atoms with Crippen molar-refractivity contribution >= 4 is 17.7 Å². The second-order valence-corrected chi connectivity index (χ2v) is 7.57. The Kier molecular flexibility index (Phi) is 5.31. The van der Waals surface area contributed by atoms with Gasteiger partial charge in [-0.25, -0.2) is 4.79 Å². The number of urea groups is 1. The third-order valence-electron chi connectivity index (χ3n) is 5.94. The molecule has 2 aromatic rings. The Balaban J connectivity index is 1.63. The Bertz CT molecular complexity index is 1040. The predicted octanol–water partition coefficient (Wildman–Crippen LogP) is 2.68. The zero-order valence-corrected chi connectivity index (χ0v) is 17.7. The fourth-order valence-electron chi connectivity index (χ4n) is 4.43. The number of benzene rings is 2. The zero-order valence-electron chi connectivity index (χ0n) is 17.7. The number of hydrogen-bond acceptors (Lipinski definition) is 6. The highest BCUT2D eigenvalue weighted by Crippen LogP contribution is 2.41. The van der Waals surface area contributed by atoms with E-state index in [-0.39, 0.29) is 12.1 Å². The van der Waals surface area contributed by atoms with Crippen LogP contribution in [0.3, 0.4) is 0 Å². The van der Waals surface area contributed by atoms with E-state index in [1.165, 1.54) is 33.5 Å². The van der Waals surface area contributed by atoms with Crippen LogP contribution in [0.5, 0.6) is 17.2 Å². The fraction of sp³-hybridized carbons (Fsp3) is 0.348. The summed E-state index contributed by atoms with van der Waals surface area (Å²) >= 11 is 0. The largest absolute Gasteiger partial charge is 0.493 e. The van der Waals surface area contributed by atoms with Crippen LogP contribution < -0.4 is 19.5 Å². The van der Waals surface area contributed by atoms with Gasteiger partial charge in [-0.05, 0) is 42.5 Å². The van der Waals surface area contributed by atoms with E-state index in [2.05, 4.69) is 5.32 Å². The lowest BCUT2D eigenvalue weighted by molar-refractivity contribution is -0.131. The number of hydrogen-bond donors (Lipinski definition) is 1. The van der Waals surface area contributed by atoms with Crippen molar-refractivity contribution in [3.63, 3.8) is 0 Å². The molecule has 3 amide bonds. The van der Waals surface area contributed by atoms with Gasteiger partial charge in [0.1, 0.15) is 5.54 Å². The maximum atomic E-state index is 13.4. The molecule has 31 heavy (non-hydrogen) atoms. The summed E-state index contributed by atoms with van der Waals surface area (Å²) in [5.41, 5.74) is 0.990. The highest BCUT2D eigenvalue weighted by atomic mass is 16.5. The van der Waals surface area contributed by atoms with Gasteiger partial charge in [0.15, 0.2) is 17.3 Å². The molecule has 1 fully saturated rings. The van der Waals surface area contributed by atoms with Crippen LogP contribution in [-0.4, -0.2) is 50.5 Å². The van der Waals surface area contributed by atoms with Crippen LogP contribution in [0, 0.1) is 0 Å². The van der Waals surface area contributed by atoms with Gasteiger partial charge in [-0.3, -0.25) is 14.5 Å². The minimum absolute atomic E-state index is 0.250. The maximum absolute atomic E-state index is 13.4. The van der Waals surface area contributed by atoms with Gasteiger partial charge in [-0.15, -0.1) is 0 Å². The molecule has 1 N–H and O–H groups in total. The summed E-state index contributed by atoms with van der Waals surface area (Å²) in [4.78, 5) is 40.2. The van der Waals surface area contributed by atoms with Crippen molar-refractivity contribution in [1.29, 1.82) is 0 Å². The van der Waals surface area contributed by atoms with E-state index in [0.29, 0.717) is 23.7 Å². The molecule has 0 saturated carbocycles. The molecule has 8 nitrogen and oxygen atoms in total. The number of Topliss-reactive ketones (excluding diaryl/α,β-unsaturated/α-hetero) is 1. The van der Waals surface area contributed by atoms with Crippen LogP contribution in [0.25, 0.3) is 0 Å². The summed E-state index contributed by atoms with van der Waals surface area (Å²) in [6, 6.07) is 10.1. The van der Waals surface area contributed by atoms with Crippen molar-refractivity contribution in [3.05, 3.63) is 53.1 Å². The minimum atomic E-state index is -1.11. The number of ether oxygens (including phenoxy) is 3. The van der Waals surface area contributed by atoms with E-state index in [1.54, 1.807) is 0 Å². The smallest absolute Gasteiger partial charge is 0.325 e. The number of carbonyl (C=O) groups is 3. The molecule has 1 spiro atoms. The molecular weight excluding hydrogens is 400 g/mol. The molecule has 162 valence electrons. The second-order valence-electron chi connectivity index (χ2n) is 7.57. The summed E-state index contributed by atoms with van der Waals surface area (Å²) in [7, 11) is 4.37. The highest BCUT2D eigenvalue weighted by molar-refractivity contribution is 6.11. The van der Waals surface area contributed by atoms with Crippen molar-refractivity contribution in [3.8, 4) is 17.2 Å². The summed E-state index contributed by atoms with van der Waals surface area (Å²) in [6.45, 7) is -0.382. The molecule has 2 aromatic carbocycles. The quantitative estimate of drug-likeness (QED) is 0.566. The number of nitrogens with one attached hydrogen (secondary N) is 1. The highest BCUT2D eigenvalue weighted by Gasteiger charge is 2.54. The van der Waals surface area contributed by atoms with E-state index in [9.17, 15) is 14.4 Å². The number of methoxy groups -OCH3 is 3. The van der Waals surface area contributed by atoms with E-state index in [1.807, 2.05) is 24.3 Å². The molecule has 1 atom stereocenters. The summed E-state index contributed by atoms with van der Waals surface area (Å²) in [6.07, 6.45) is 2.13. The summed E-state index contributed by atoms with van der Waals surface area (Å²) in [5, 5.41) is 2.86. The third-order valence-corrected chi connectivity index (χ3v) is 5.94. The van der Waals surface area contributed by atoms with E-state index in [4.69, 9.17) is 14.2 Å². The monoisotopic (exact) mass is 424 g/mol. The molecule has 0 aromatic heterocycles. The van der Waals surface area contributed by atoms with Crippen molar-refractivity contribution < 1.29 is 28.6 Å². The van der Waals surface area contributed by atoms with Crippen molar-refractivity contribution in [2.75, 3.05) is 27.9 Å². The first-order valence-corrected chi connectivity index (χ1v) is 10.0. The van der Waals surface area contributed by atoms with Crippen molar-refractivity contribution in [2.24, 2.45) is 0 Å². The number of fused-ring (bicyclic) bond motifs is 2. The third kappa shape index (κ3) is 3.28. The second kappa shape index (κ2) is 7.94. The molecule has 2 aliphatic rings. The van der Waals surface area contributed by atoms with Gasteiger partial charge in [-0.1, -0.05) is 24.3 Å². The Morgan fingerprint density at radius 1 is 1.06 bits per heavy atom. The van der Waals surface area contributed by atoms with Gasteiger partial charge < -0.3 is 19.5 Å². The standard InChI is InChI=1S/C23H24N2O6/c1-29-18-11-15(12-19(30-2)20(18)31-3)17(26)13-25-21(27)23(24-22(25)28)10-6-8-14-7-4-5-9-16(14)23/h4-5,7,9,11-12H,6,8,10,13H2,1-3H3,(H,24,28)/t23-/m1/s1. The van der Waals surface area contributed by atoms with Gasteiger partial charge in [0.05, 0.1) is 27.9 Å². The number of imide groups is 1. The summed E-state index contributed by atoms with van der Waals surface area (Å²) < 4.78 is 15.9. The average molecular weight is 424 g/mol. The molecule has 4 rings (SSSR count). The van der Waals surface area contributed by atoms with E-state index in [0.717, 1.165) is 28.9 Å². The Hall–Kier alpha value is -3.55.